The zero-order valence-corrected chi connectivity index (χ0v) is 6.83. The highest BCUT2D eigenvalue weighted by atomic mass is 16.6. The Bertz CT molecular complexity index is 134. The SMILES string of the molecule is CCCOC(O)(CC)C(=O)O. The highest BCUT2D eigenvalue weighted by Crippen LogP contribution is 2.11. The van der Waals surface area contributed by atoms with E-state index in [0.717, 1.165) is 0 Å². The van der Waals surface area contributed by atoms with Gasteiger partial charge < -0.3 is 14.9 Å². The van der Waals surface area contributed by atoms with Crippen molar-refractivity contribution in [2.75, 3.05) is 6.61 Å². The van der Waals surface area contributed by atoms with E-state index in [1.807, 2.05) is 6.92 Å². The number of rotatable bonds is 5. The second kappa shape index (κ2) is 4.31. The molecule has 0 saturated heterocycles. The van der Waals surface area contributed by atoms with Crippen molar-refractivity contribution >= 4 is 5.97 Å². The Morgan fingerprint density at radius 3 is 2.36 bits per heavy atom. The minimum Gasteiger partial charge on any atom is -0.477 e. The smallest absolute Gasteiger partial charge is 0.364 e. The van der Waals surface area contributed by atoms with Gasteiger partial charge in [0.1, 0.15) is 0 Å². The summed E-state index contributed by atoms with van der Waals surface area (Å²) in [5.41, 5.74) is 0. The van der Waals surface area contributed by atoms with E-state index in [9.17, 15) is 9.90 Å². The van der Waals surface area contributed by atoms with Crippen molar-refractivity contribution in [3.05, 3.63) is 0 Å². The lowest BCUT2D eigenvalue weighted by atomic mass is 10.2. The van der Waals surface area contributed by atoms with Crippen LogP contribution >= 0.6 is 0 Å². The monoisotopic (exact) mass is 162 g/mol. The Hall–Kier alpha value is -0.610. The molecule has 4 nitrogen and oxygen atoms in total. The Morgan fingerprint density at radius 2 is 2.09 bits per heavy atom. The van der Waals surface area contributed by atoms with Crippen LogP contribution in [0.1, 0.15) is 26.7 Å². The summed E-state index contributed by atoms with van der Waals surface area (Å²) < 4.78 is 4.75. The molecule has 0 heterocycles. The van der Waals surface area contributed by atoms with E-state index in [-0.39, 0.29) is 13.0 Å². The van der Waals surface area contributed by atoms with E-state index in [2.05, 4.69) is 0 Å². The molecule has 66 valence electrons. The van der Waals surface area contributed by atoms with Gasteiger partial charge in [0, 0.05) is 6.42 Å². The maximum atomic E-state index is 10.4. The Balaban J connectivity index is 3.99. The molecule has 0 radical (unpaired) electrons. The first kappa shape index (κ1) is 10.4. The van der Waals surface area contributed by atoms with Gasteiger partial charge in [0.2, 0.25) is 0 Å². The van der Waals surface area contributed by atoms with Crippen molar-refractivity contribution in [2.24, 2.45) is 0 Å². The number of aliphatic hydroxyl groups is 1. The van der Waals surface area contributed by atoms with Crippen molar-refractivity contribution < 1.29 is 19.7 Å². The van der Waals surface area contributed by atoms with Crippen molar-refractivity contribution in [1.82, 2.24) is 0 Å². The molecule has 0 bridgehead atoms. The molecular formula is C7H14O4. The van der Waals surface area contributed by atoms with Gasteiger partial charge in [-0.05, 0) is 6.42 Å². The molecule has 0 fully saturated rings. The zero-order valence-electron chi connectivity index (χ0n) is 6.83. The lowest BCUT2D eigenvalue weighted by Gasteiger charge is -2.21. The Labute approximate surface area is 65.8 Å². The van der Waals surface area contributed by atoms with Crippen LogP contribution < -0.4 is 0 Å². The summed E-state index contributed by atoms with van der Waals surface area (Å²) in [6.07, 6.45) is 0.748. The fourth-order valence-corrected chi connectivity index (χ4v) is 0.586. The molecule has 0 aliphatic rings. The van der Waals surface area contributed by atoms with Gasteiger partial charge in [-0.2, -0.15) is 0 Å². The van der Waals surface area contributed by atoms with Crippen molar-refractivity contribution in [2.45, 2.75) is 32.5 Å². The minimum atomic E-state index is -1.99. The van der Waals surface area contributed by atoms with E-state index in [1.165, 1.54) is 0 Å². The third kappa shape index (κ3) is 2.86. The van der Waals surface area contributed by atoms with E-state index in [4.69, 9.17) is 9.84 Å². The number of hydrogen-bond acceptors (Lipinski definition) is 3. The summed E-state index contributed by atoms with van der Waals surface area (Å²) in [7, 11) is 0. The molecule has 0 aliphatic heterocycles. The average molecular weight is 162 g/mol. The summed E-state index contributed by atoms with van der Waals surface area (Å²) in [6.45, 7) is 3.67. The Morgan fingerprint density at radius 1 is 1.55 bits per heavy atom. The molecule has 0 amide bonds. The number of carbonyl (C=O) groups is 1. The van der Waals surface area contributed by atoms with Crippen LogP contribution in [0, 0.1) is 0 Å². The quantitative estimate of drug-likeness (QED) is 0.581. The standard InChI is InChI=1S/C7H14O4/c1-3-5-11-7(10,4-2)6(8)9/h10H,3-5H2,1-2H3,(H,8,9). The molecule has 0 aromatic carbocycles. The first-order valence-corrected chi connectivity index (χ1v) is 3.66. The van der Waals surface area contributed by atoms with Gasteiger partial charge in [0.25, 0.3) is 5.79 Å². The molecular weight excluding hydrogens is 148 g/mol. The molecule has 1 atom stereocenters. The van der Waals surface area contributed by atoms with Crippen LogP contribution in [-0.4, -0.2) is 28.6 Å². The van der Waals surface area contributed by atoms with Crippen LogP contribution in [0.2, 0.25) is 0 Å². The first-order chi connectivity index (χ1) is 5.06. The van der Waals surface area contributed by atoms with Crippen LogP contribution in [0.5, 0.6) is 0 Å². The maximum Gasteiger partial charge on any atom is 0.364 e. The van der Waals surface area contributed by atoms with Gasteiger partial charge in [-0.25, -0.2) is 4.79 Å². The summed E-state index contributed by atoms with van der Waals surface area (Å²) in [4.78, 5) is 10.4. The van der Waals surface area contributed by atoms with Gasteiger partial charge in [-0.15, -0.1) is 0 Å². The van der Waals surface area contributed by atoms with Crippen molar-refractivity contribution in [3.8, 4) is 0 Å². The van der Waals surface area contributed by atoms with E-state index in [0.29, 0.717) is 6.42 Å². The van der Waals surface area contributed by atoms with Crippen molar-refractivity contribution in [3.63, 3.8) is 0 Å². The molecule has 0 aromatic heterocycles. The molecule has 4 heteroatoms. The van der Waals surface area contributed by atoms with Crippen LogP contribution in [0.4, 0.5) is 0 Å². The normalized spacial score (nSPS) is 15.9. The van der Waals surface area contributed by atoms with Crippen LogP contribution in [0.25, 0.3) is 0 Å². The van der Waals surface area contributed by atoms with E-state index >= 15 is 0 Å². The average Bonchev–Trinajstić information content (AvgIpc) is 2.00. The summed E-state index contributed by atoms with van der Waals surface area (Å²) >= 11 is 0. The molecule has 2 N–H and O–H groups in total. The number of carboxylic acid groups (broad SMARTS) is 1. The fourth-order valence-electron chi connectivity index (χ4n) is 0.586. The number of carboxylic acids is 1. The minimum absolute atomic E-state index is 0.0579. The maximum absolute atomic E-state index is 10.4. The van der Waals surface area contributed by atoms with Gasteiger partial charge in [-0.3, -0.25) is 0 Å². The van der Waals surface area contributed by atoms with E-state index < -0.39 is 11.8 Å². The van der Waals surface area contributed by atoms with E-state index in [1.54, 1.807) is 6.92 Å². The highest BCUT2D eigenvalue weighted by molar-refractivity contribution is 5.75. The number of ether oxygens (including phenoxy) is 1. The predicted octanol–water partition coefficient (Wildman–Crippen LogP) is 0.596. The fraction of sp³-hybridized carbons (Fsp3) is 0.857. The van der Waals surface area contributed by atoms with Gasteiger partial charge >= 0.3 is 5.97 Å². The topological polar surface area (TPSA) is 66.8 Å². The van der Waals surface area contributed by atoms with Gasteiger partial charge in [0.05, 0.1) is 6.61 Å². The van der Waals surface area contributed by atoms with Gasteiger partial charge in [-0.1, -0.05) is 13.8 Å². The molecule has 0 spiro atoms. The third-order valence-corrected chi connectivity index (χ3v) is 1.36. The van der Waals surface area contributed by atoms with Crippen molar-refractivity contribution in [1.29, 1.82) is 0 Å². The number of aliphatic carboxylic acids is 1. The molecule has 0 aliphatic carbocycles. The van der Waals surface area contributed by atoms with Crippen LogP contribution in [0.3, 0.4) is 0 Å². The predicted molar refractivity (Wildman–Crippen MR) is 39.1 cm³/mol. The zero-order chi connectivity index (χ0) is 8.91. The molecule has 0 saturated carbocycles. The second-order valence-corrected chi connectivity index (χ2v) is 2.29. The van der Waals surface area contributed by atoms with Gasteiger partial charge in [0.15, 0.2) is 0 Å². The Kier molecular flexibility index (Phi) is 4.07. The highest BCUT2D eigenvalue weighted by Gasteiger charge is 2.34. The molecule has 1 unspecified atom stereocenters. The molecule has 11 heavy (non-hydrogen) atoms. The molecule has 0 aromatic rings. The molecule has 0 rings (SSSR count). The third-order valence-electron chi connectivity index (χ3n) is 1.36. The largest absolute Gasteiger partial charge is 0.477 e. The lowest BCUT2D eigenvalue weighted by Crippen LogP contribution is -2.40. The number of hydrogen-bond donors (Lipinski definition) is 2. The second-order valence-electron chi connectivity index (χ2n) is 2.29. The summed E-state index contributed by atoms with van der Waals surface area (Å²) in [6, 6.07) is 0. The summed E-state index contributed by atoms with van der Waals surface area (Å²) in [5, 5.41) is 17.7. The summed E-state index contributed by atoms with van der Waals surface area (Å²) in [5.74, 6) is -3.32. The first-order valence-electron chi connectivity index (χ1n) is 3.66. The van der Waals surface area contributed by atoms with Crippen LogP contribution in [-0.2, 0) is 9.53 Å². The van der Waals surface area contributed by atoms with Crippen LogP contribution in [0.15, 0.2) is 0 Å². The lowest BCUT2D eigenvalue weighted by molar-refractivity contribution is -0.224.